The number of likely N-dealkylation sites (N-methyl/N-ethyl adjacent to an activating group) is 1. The van der Waals surface area contributed by atoms with Crippen LogP contribution in [-0.4, -0.2) is 75.4 Å². The molecule has 0 bridgehead atoms. The summed E-state index contributed by atoms with van der Waals surface area (Å²) in [6, 6.07) is 0.665. The van der Waals surface area contributed by atoms with Crippen molar-refractivity contribution in [2.45, 2.75) is 26.8 Å². The van der Waals surface area contributed by atoms with Crippen LogP contribution >= 0.6 is 0 Å². The molecule has 0 aromatic carbocycles. The third-order valence-corrected chi connectivity index (χ3v) is 4.58. The molecule has 0 radical (unpaired) electrons. The lowest BCUT2D eigenvalue weighted by Crippen LogP contribution is -2.55. The van der Waals surface area contributed by atoms with Crippen molar-refractivity contribution in [2.24, 2.45) is 11.3 Å². The van der Waals surface area contributed by atoms with Gasteiger partial charge in [-0.15, -0.1) is 0 Å². The zero-order valence-corrected chi connectivity index (χ0v) is 13.1. The first-order valence-electron chi connectivity index (χ1n) is 7.71. The molecule has 2 heterocycles. The van der Waals surface area contributed by atoms with Gasteiger partial charge in [-0.2, -0.15) is 0 Å². The van der Waals surface area contributed by atoms with Crippen LogP contribution in [0.15, 0.2) is 0 Å². The van der Waals surface area contributed by atoms with Gasteiger partial charge in [-0.05, 0) is 13.0 Å². The topological polar surface area (TPSA) is 27.7 Å². The highest BCUT2D eigenvalue weighted by molar-refractivity contribution is 4.86. The molecule has 2 saturated heterocycles. The molecule has 4 heteroatoms. The van der Waals surface area contributed by atoms with Gasteiger partial charge < -0.3 is 15.0 Å². The number of rotatable bonds is 6. The van der Waals surface area contributed by atoms with Gasteiger partial charge in [0.05, 0.1) is 13.2 Å². The number of hydrogen-bond donors (Lipinski definition) is 1. The van der Waals surface area contributed by atoms with Crippen LogP contribution in [0.2, 0.25) is 0 Å². The van der Waals surface area contributed by atoms with E-state index < -0.39 is 0 Å². The summed E-state index contributed by atoms with van der Waals surface area (Å²) in [5.74, 6) is 0.710. The van der Waals surface area contributed by atoms with Gasteiger partial charge in [-0.25, -0.2) is 0 Å². The van der Waals surface area contributed by atoms with Crippen LogP contribution in [0.1, 0.15) is 20.8 Å². The molecule has 2 aliphatic rings. The fraction of sp³-hybridized carbons (Fsp3) is 1.00. The monoisotopic (exact) mass is 269 g/mol. The Bertz CT molecular complexity index is 271. The Balaban J connectivity index is 1.76. The summed E-state index contributed by atoms with van der Waals surface area (Å²) >= 11 is 0. The summed E-state index contributed by atoms with van der Waals surface area (Å²) in [5.41, 5.74) is 0.379. The van der Waals surface area contributed by atoms with Gasteiger partial charge >= 0.3 is 0 Å². The van der Waals surface area contributed by atoms with Crippen LogP contribution in [0, 0.1) is 11.3 Å². The molecule has 1 unspecified atom stereocenters. The smallest absolute Gasteiger partial charge is 0.0554 e. The largest absolute Gasteiger partial charge is 0.380 e. The number of ether oxygens (including phenoxy) is 1. The third-order valence-electron chi connectivity index (χ3n) is 4.58. The van der Waals surface area contributed by atoms with E-state index in [4.69, 9.17) is 4.74 Å². The number of hydrogen-bond acceptors (Lipinski definition) is 4. The van der Waals surface area contributed by atoms with E-state index in [0.29, 0.717) is 17.4 Å². The SMILES string of the molecule is CC(C)C(CNCC1(C)COC1)N1CCN(C)CC1. The predicted octanol–water partition coefficient (Wildman–Crippen LogP) is 0.885. The maximum Gasteiger partial charge on any atom is 0.0554 e. The van der Waals surface area contributed by atoms with Crippen molar-refractivity contribution in [3.63, 3.8) is 0 Å². The van der Waals surface area contributed by atoms with Gasteiger partial charge in [-0.1, -0.05) is 20.8 Å². The lowest BCUT2D eigenvalue weighted by molar-refractivity contribution is -0.0996. The van der Waals surface area contributed by atoms with Crippen LogP contribution < -0.4 is 5.32 Å². The zero-order valence-electron chi connectivity index (χ0n) is 13.1. The second-order valence-corrected chi connectivity index (χ2v) is 7.08. The van der Waals surface area contributed by atoms with Gasteiger partial charge in [-0.3, -0.25) is 4.90 Å². The van der Waals surface area contributed by atoms with Crippen LogP contribution in [0.3, 0.4) is 0 Å². The standard InChI is InChI=1S/C15H31N3O/c1-13(2)14(18-7-5-17(4)6-8-18)9-16-10-15(3)11-19-12-15/h13-14,16H,5-12H2,1-4H3. The first-order valence-corrected chi connectivity index (χ1v) is 7.71. The van der Waals surface area contributed by atoms with E-state index in [-0.39, 0.29) is 0 Å². The highest BCUT2D eigenvalue weighted by Gasteiger charge is 2.33. The minimum Gasteiger partial charge on any atom is -0.380 e. The molecule has 4 nitrogen and oxygen atoms in total. The molecule has 1 N–H and O–H groups in total. The minimum absolute atomic E-state index is 0.379. The van der Waals surface area contributed by atoms with Gasteiger partial charge in [0.2, 0.25) is 0 Å². The van der Waals surface area contributed by atoms with Crippen LogP contribution in [-0.2, 0) is 4.74 Å². The molecule has 0 spiro atoms. The number of piperazine rings is 1. The highest BCUT2D eigenvalue weighted by Crippen LogP contribution is 2.25. The number of nitrogens with zero attached hydrogens (tertiary/aromatic N) is 2. The Hall–Kier alpha value is -0.160. The Morgan fingerprint density at radius 3 is 2.26 bits per heavy atom. The Morgan fingerprint density at radius 2 is 1.79 bits per heavy atom. The molecule has 112 valence electrons. The maximum atomic E-state index is 5.32. The van der Waals surface area contributed by atoms with Crippen molar-refractivity contribution in [3.8, 4) is 0 Å². The molecule has 1 atom stereocenters. The van der Waals surface area contributed by atoms with E-state index in [1.807, 2.05) is 0 Å². The van der Waals surface area contributed by atoms with Gasteiger partial charge in [0.25, 0.3) is 0 Å². The first-order chi connectivity index (χ1) is 9.00. The van der Waals surface area contributed by atoms with E-state index in [9.17, 15) is 0 Å². The van der Waals surface area contributed by atoms with Crippen molar-refractivity contribution < 1.29 is 4.74 Å². The highest BCUT2D eigenvalue weighted by atomic mass is 16.5. The normalized spacial score (nSPS) is 26.4. The molecule has 0 aliphatic carbocycles. The first kappa shape index (κ1) is 15.2. The fourth-order valence-corrected chi connectivity index (χ4v) is 3.01. The molecule has 0 saturated carbocycles. The molecular weight excluding hydrogens is 238 g/mol. The summed E-state index contributed by atoms with van der Waals surface area (Å²) < 4.78 is 5.32. The quantitative estimate of drug-likeness (QED) is 0.775. The Morgan fingerprint density at radius 1 is 1.16 bits per heavy atom. The summed E-state index contributed by atoms with van der Waals surface area (Å²) in [4.78, 5) is 5.09. The maximum absolute atomic E-state index is 5.32. The van der Waals surface area contributed by atoms with Gasteiger partial charge in [0.15, 0.2) is 0 Å². The van der Waals surface area contributed by atoms with E-state index in [0.717, 1.165) is 26.3 Å². The Labute approximate surface area is 118 Å². The molecule has 0 amide bonds. The lowest BCUT2D eigenvalue weighted by atomic mass is 9.88. The third kappa shape index (κ3) is 4.15. The van der Waals surface area contributed by atoms with E-state index in [1.165, 1.54) is 26.2 Å². The van der Waals surface area contributed by atoms with Crippen LogP contribution in [0.4, 0.5) is 0 Å². The van der Waals surface area contributed by atoms with Gasteiger partial charge in [0, 0.05) is 50.7 Å². The molecular formula is C15H31N3O. The van der Waals surface area contributed by atoms with Crippen molar-refractivity contribution in [2.75, 3.05) is 59.5 Å². The summed E-state index contributed by atoms with van der Waals surface area (Å²) in [6.45, 7) is 15.9. The van der Waals surface area contributed by atoms with Crippen molar-refractivity contribution in [1.82, 2.24) is 15.1 Å². The van der Waals surface area contributed by atoms with Crippen molar-refractivity contribution >= 4 is 0 Å². The van der Waals surface area contributed by atoms with E-state index in [1.54, 1.807) is 0 Å². The summed E-state index contributed by atoms with van der Waals surface area (Å²) in [7, 11) is 2.22. The van der Waals surface area contributed by atoms with Crippen molar-refractivity contribution in [3.05, 3.63) is 0 Å². The van der Waals surface area contributed by atoms with Crippen LogP contribution in [0.5, 0.6) is 0 Å². The van der Waals surface area contributed by atoms with E-state index >= 15 is 0 Å². The molecule has 2 fully saturated rings. The second-order valence-electron chi connectivity index (χ2n) is 7.08. The second kappa shape index (κ2) is 6.53. The molecule has 2 rings (SSSR count). The lowest BCUT2D eigenvalue weighted by Gasteiger charge is -2.42. The fourth-order valence-electron chi connectivity index (χ4n) is 3.01. The van der Waals surface area contributed by atoms with Crippen molar-refractivity contribution in [1.29, 1.82) is 0 Å². The van der Waals surface area contributed by atoms with E-state index in [2.05, 4.69) is 42.9 Å². The molecule has 2 aliphatic heterocycles. The predicted molar refractivity (Wildman–Crippen MR) is 79.5 cm³/mol. The Kier molecular flexibility index (Phi) is 5.23. The zero-order chi connectivity index (χ0) is 13.9. The van der Waals surface area contributed by atoms with Gasteiger partial charge in [0.1, 0.15) is 0 Å². The molecule has 19 heavy (non-hydrogen) atoms. The molecule has 0 aromatic heterocycles. The summed E-state index contributed by atoms with van der Waals surface area (Å²) in [6.07, 6.45) is 0. The molecule has 0 aromatic rings. The number of nitrogens with one attached hydrogen (secondary N) is 1. The minimum atomic E-state index is 0.379. The average Bonchev–Trinajstić information content (AvgIpc) is 2.33. The summed E-state index contributed by atoms with van der Waals surface area (Å²) in [5, 5.41) is 3.68. The van der Waals surface area contributed by atoms with Crippen LogP contribution in [0.25, 0.3) is 0 Å². The average molecular weight is 269 g/mol.